The number of carbonyl (C=O) groups is 2. The van der Waals surface area contributed by atoms with Gasteiger partial charge in [-0.1, -0.05) is 12.1 Å². The standard InChI is InChI=1S/C26H30N6O5/c1-3-32-24(28-16-29-32)14-31-12-20-23(13-31)37-19-7-4-17(5-8-19)11-27-25(33)15-36-22-10-18(26(34)30-20)6-9-21(22)35-2/h4-10,16,20,23H,3,11-15H2,1-2H3,(H,27,33)(H,30,34)/t20-,23-/m0/s1. The SMILES string of the molecule is CCn1ncnc1CN1C[C@@H]2NC(=O)c3ccc(OC)c(c3)OCC(=O)NCc3ccc(cc3)O[C@H]2C1. The van der Waals surface area contributed by atoms with Crippen LogP contribution in [0.4, 0.5) is 0 Å². The maximum Gasteiger partial charge on any atom is 0.258 e. The molecule has 11 heteroatoms. The van der Waals surface area contributed by atoms with E-state index in [1.807, 2.05) is 35.9 Å². The first-order chi connectivity index (χ1) is 18.0. The first-order valence-electron chi connectivity index (χ1n) is 12.3. The molecule has 2 aromatic carbocycles. The lowest BCUT2D eigenvalue weighted by Crippen LogP contribution is -2.45. The topological polar surface area (TPSA) is 120 Å². The van der Waals surface area contributed by atoms with Crippen molar-refractivity contribution in [3.05, 3.63) is 65.7 Å². The first kappa shape index (κ1) is 24.6. The van der Waals surface area contributed by atoms with Crippen molar-refractivity contribution in [1.82, 2.24) is 30.3 Å². The molecule has 1 fully saturated rings. The number of hydrogen-bond acceptors (Lipinski definition) is 8. The van der Waals surface area contributed by atoms with E-state index in [9.17, 15) is 9.59 Å². The second kappa shape index (κ2) is 10.9. The number of likely N-dealkylation sites (tertiary alicyclic amines) is 1. The van der Waals surface area contributed by atoms with Crippen LogP contribution in [0.25, 0.3) is 0 Å². The number of nitrogens with one attached hydrogen (secondary N) is 2. The number of carbonyl (C=O) groups excluding carboxylic acids is 2. The molecule has 0 unspecified atom stereocenters. The number of hydrogen-bond donors (Lipinski definition) is 2. The molecule has 0 radical (unpaired) electrons. The third kappa shape index (κ3) is 5.67. The summed E-state index contributed by atoms with van der Waals surface area (Å²) in [6.45, 7) is 4.71. The number of ether oxygens (including phenoxy) is 3. The lowest BCUT2D eigenvalue weighted by Gasteiger charge is -2.21. The highest BCUT2D eigenvalue weighted by Crippen LogP contribution is 2.29. The van der Waals surface area contributed by atoms with Crippen LogP contribution in [0.2, 0.25) is 0 Å². The molecule has 37 heavy (non-hydrogen) atoms. The number of aryl methyl sites for hydroxylation is 1. The van der Waals surface area contributed by atoms with Gasteiger partial charge in [-0.3, -0.25) is 14.5 Å². The zero-order valence-electron chi connectivity index (χ0n) is 20.8. The highest BCUT2D eigenvalue weighted by atomic mass is 16.5. The maximum absolute atomic E-state index is 13.3. The van der Waals surface area contributed by atoms with Crippen molar-refractivity contribution in [3.63, 3.8) is 0 Å². The van der Waals surface area contributed by atoms with E-state index >= 15 is 0 Å². The van der Waals surface area contributed by atoms with Crippen LogP contribution < -0.4 is 24.8 Å². The molecule has 3 aliphatic heterocycles. The molecule has 3 aliphatic rings. The molecule has 0 aliphatic carbocycles. The molecule has 2 N–H and O–H groups in total. The molecule has 1 aromatic heterocycles. The number of fused-ring (bicyclic) bond motifs is 7. The molecule has 6 rings (SSSR count). The van der Waals surface area contributed by atoms with Gasteiger partial charge in [-0.25, -0.2) is 9.67 Å². The zero-order valence-corrected chi connectivity index (χ0v) is 20.8. The summed E-state index contributed by atoms with van der Waals surface area (Å²) in [6, 6.07) is 12.2. The third-order valence-corrected chi connectivity index (χ3v) is 6.50. The predicted molar refractivity (Wildman–Crippen MR) is 133 cm³/mol. The van der Waals surface area contributed by atoms with Gasteiger partial charge >= 0.3 is 0 Å². The quantitative estimate of drug-likeness (QED) is 0.545. The Balaban J connectivity index is 1.42. The van der Waals surface area contributed by atoms with Crippen molar-refractivity contribution in [3.8, 4) is 17.2 Å². The van der Waals surface area contributed by atoms with E-state index in [-0.39, 0.29) is 30.6 Å². The number of benzene rings is 2. The Morgan fingerprint density at radius 3 is 2.76 bits per heavy atom. The Bertz CT molecular complexity index is 1260. The fourth-order valence-electron chi connectivity index (χ4n) is 4.55. The van der Waals surface area contributed by atoms with Gasteiger partial charge < -0.3 is 24.8 Å². The van der Waals surface area contributed by atoms with Crippen molar-refractivity contribution in [2.24, 2.45) is 0 Å². The Morgan fingerprint density at radius 1 is 1.14 bits per heavy atom. The summed E-state index contributed by atoms with van der Waals surface area (Å²) in [5.74, 6) is 1.76. The van der Waals surface area contributed by atoms with Gasteiger partial charge in [0, 0.05) is 31.7 Å². The summed E-state index contributed by atoms with van der Waals surface area (Å²) in [6.07, 6.45) is 1.28. The molecule has 11 nitrogen and oxygen atoms in total. The molecule has 4 bridgehead atoms. The van der Waals surface area contributed by atoms with Crippen molar-refractivity contribution in [2.45, 2.75) is 38.7 Å². The second-order valence-electron chi connectivity index (χ2n) is 9.00. The smallest absolute Gasteiger partial charge is 0.258 e. The molecular formula is C26H30N6O5. The highest BCUT2D eigenvalue weighted by molar-refractivity contribution is 5.95. The molecule has 194 valence electrons. The van der Waals surface area contributed by atoms with E-state index in [4.69, 9.17) is 14.2 Å². The van der Waals surface area contributed by atoms with E-state index in [1.165, 1.54) is 7.11 Å². The normalized spacial score (nSPS) is 20.3. The third-order valence-electron chi connectivity index (χ3n) is 6.50. The van der Waals surface area contributed by atoms with Gasteiger partial charge in [0.05, 0.1) is 19.7 Å². The van der Waals surface area contributed by atoms with Gasteiger partial charge in [-0.2, -0.15) is 5.10 Å². The first-order valence-corrected chi connectivity index (χ1v) is 12.3. The average Bonchev–Trinajstić information content (AvgIpc) is 3.52. The minimum atomic E-state index is -0.282. The monoisotopic (exact) mass is 506 g/mol. The Labute approximate surface area is 214 Å². The predicted octanol–water partition coefficient (Wildman–Crippen LogP) is 1.38. The van der Waals surface area contributed by atoms with Gasteiger partial charge in [0.25, 0.3) is 11.8 Å². The lowest BCUT2D eigenvalue weighted by molar-refractivity contribution is -0.123. The van der Waals surface area contributed by atoms with Crippen molar-refractivity contribution in [1.29, 1.82) is 0 Å². The lowest BCUT2D eigenvalue weighted by atomic mass is 10.1. The van der Waals surface area contributed by atoms with Crippen molar-refractivity contribution < 1.29 is 23.8 Å². The number of nitrogens with zero attached hydrogens (tertiary/aromatic N) is 4. The van der Waals surface area contributed by atoms with E-state index in [1.54, 1.807) is 24.5 Å². The maximum atomic E-state index is 13.3. The van der Waals surface area contributed by atoms with E-state index < -0.39 is 0 Å². The highest BCUT2D eigenvalue weighted by Gasteiger charge is 2.36. The summed E-state index contributed by atoms with van der Waals surface area (Å²) in [5, 5.41) is 10.2. The van der Waals surface area contributed by atoms with E-state index in [0.717, 1.165) is 17.9 Å². The number of amides is 2. The van der Waals surface area contributed by atoms with Crippen LogP contribution in [0.1, 0.15) is 28.7 Å². The van der Waals surface area contributed by atoms with Gasteiger partial charge in [0.2, 0.25) is 0 Å². The number of methoxy groups -OCH3 is 1. The van der Waals surface area contributed by atoms with Crippen LogP contribution >= 0.6 is 0 Å². The van der Waals surface area contributed by atoms with Gasteiger partial charge in [-0.05, 0) is 42.8 Å². The van der Waals surface area contributed by atoms with Crippen LogP contribution in [0.3, 0.4) is 0 Å². The molecule has 4 heterocycles. The molecular weight excluding hydrogens is 476 g/mol. The molecule has 0 saturated carbocycles. The fraction of sp³-hybridized carbons (Fsp3) is 0.385. The average molecular weight is 507 g/mol. The van der Waals surface area contributed by atoms with E-state index in [0.29, 0.717) is 49.0 Å². The number of rotatable bonds is 4. The molecule has 3 aromatic rings. The Hall–Kier alpha value is -4.12. The Morgan fingerprint density at radius 2 is 1.97 bits per heavy atom. The summed E-state index contributed by atoms with van der Waals surface area (Å²) < 4.78 is 19.3. The zero-order chi connectivity index (χ0) is 25.8. The summed E-state index contributed by atoms with van der Waals surface area (Å²) >= 11 is 0. The molecule has 2 atom stereocenters. The minimum absolute atomic E-state index is 0.204. The Kier molecular flexibility index (Phi) is 7.22. The van der Waals surface area contributed by atoms with Crippen LogP contribution in [0.5, 0.6) is 17.2 Å². The van der Waals surface area contributed by atoms with Gasteiger partial charge in [0.1, 0.15) is 24.0 Å². The van der Waals surface area contributed by atoms with Crippen LogP contribution in [0.15, 0.2) is 48.8 Å². The van der Waals surface area contributed by atoms with Gasteiger partial charge in [-0.15, -0.1) is 0 Å². The molecule has 2 amide bonds. The summed E-state index contributed by atoms with van der Waals surface area (Å²) in [5.41, 5.74) is 1.33. The second-order valence-corrected chi connectivity index (χ2v) is 9.00. The van der Waals surface area contributed by atoms with Crippen LogP contribution in [-0.4, -0.2) is 70.4 Å². The largest absolute Gasteiger partial charge is 0.493 e. The molecule has 0 spiro atoms. The molecule has 1 saturated heterocycles. The van der Waals surface area contributed by atoms with Crippen molar-refractivity contribution in [2.75, 3.05) is 26.8 Å². The van der Waals surface area contributed by atoms with Crippen LogP contribution in [-0.2, 0) is 24.4 Å². The van der Waals surface area contributed by atoms with Gasteiger partial charge in [0.15, 0.2) is 18.1 Å². The van der Waals surface area contributed by atoms with Crippen molar-refractivity contribution >= 4 is 11.8 Å². The summed E-state index contributed by atoms with van der Waals surface area (Å²) in [7, 11) is 1.51. The summed E-state index contributed by atoms with van der Waals surface area (Å²) in [4.78, 5) is 32.2. The van der Waals surface area contributed by atoms with Crippen LogP contribution in [0, 0.1) is 0 Å². The fourth-order valence-corrected chi connectivity index (χ4v) is 4.55. The van der Waals surface area contributed by atoms with E-state index in [2.05, 4.69) is 25.6 Å². The number of aromatic nitrogens is 3. The minimum Gasteiger partial charge on any atom is -0.493 e.